The van der Waals surface area contributed by atoms with Gasteiger partial charge in [0.2, 0.25) is 0 Å². The van der Waals surface area contributed by atoms with E-state index in [0.29, 0.717) is 20.5 Å². The van der Waals surface area contributed by atoms with Gasteiger partial charge < -0.3 is 9.73 Å². The van der Waals surface area contributed by atoms with Gasteiger partial charge in [0.25, 0.3) is 5.91 Å². The second kappa shape index (κ2) is 7.53. The summed E-state index contributed by atoms with van der Waals surface area (Å²) < 4.78 is 6.63. The van der Waals surface area contributed by atoms with Crippen LogP contribution in [0.3, 0.4) is 0 Å². The number of hydrogen-bond acceptors (Lipinski definition) is 5. The van der Waals surface area contributed by atoms with Crippen LogP contribution < -0.4 is 5.32 Å². The summed E-state index contributed by atoms with van der Waals surface area (Å²) >= 11 is 6.45. The lowest BCUT2D eigenvalue weighted by Gasteiger charge is -2.57. The number of aryl methyl sites for hydroxylation is 1. The van der Waals surface area contributed by atoms with E-state index in [1.165, 1.54) is 55.9 Å². The van der Waals surface area contributed by atoms with Crippen molar-refractivity contribution < 1.29 is 9.21 Å². The van der Waals surface area contributed by atoms with Crippen LogP contribution in [0.5, 0.6) is 0 Å². The van der Waals surface area contributed by atoms with Gasteiger partial charge in [-0.3, -0.25) is 4.79 Å². The van der Waals surface area contributed by atoms with E-state index in [-0.39, 0.29) is 5.91 Å². The molecule has 0 radical (unpaired) electrons. The van der Waals surface area contributed by atoms with Crippen molar-refractivity contribution in [1.29, 1.82) is 0 Å². The summed E-state index contributed by atoms with van der Waals surface area (Å²) in [6.45, 7) is 1.92. The van der Waals surface area contributed by atoms with E-state index in [2.05, 4.69) is 29.6 Å². The van der Waals surface area contributed by atoms with E-state index < -0.39 is 0 Å². The first kappa shape index (κ1) is 20.9. The van der Waals surface area contributed by atoms with Crippen LogP contribution in [-0.4, -0.2) is 15.2 Å². The predicted molar refractivity (Wildman–Crippen MR) is 140 cm³/mol. The molecule has 34 heavy (non-hydrogen) atoms. The minimum Gasteiger partial charge on any atom is -0.440 e. The van der Waals surface area contributed by atoms with Gasteiger partial charge in [-0.1, -0.05) is 42.2 Å². The highest BCUT2D eigenvalue weighted by molar-refractivity contribution is 8.26. The fourth-order valence-corrected chi connectivity index (χ4v) is 8.54. The van der Waals surface area contributed by atoms with Gasteiger partial charge >= 0.3 is 0 Å². The van der Waals surface area contributed by atoms with Crippen molar-refractivity contribution in [2.75, 3.05) is 0 Å². The number of nitrogens with zero attached hydrogens (tertiary/aromatic N) is 1. The van der Waals surface area contributed by atoms with Crippen LogP contribution >= 0.6 is 24.0 Å². The molecule has 3 aromatic rings. The van der Waals surface area contributed by atoms with Gasteiger partial charge in [0.05, 0.1) is 4.91 Å². The molecule has 1 N–H and O–H groups in total. The molecule has 1 aliphatic heterocycles. The van der Waals surface area contributed by atoms with Gasteiger partial charge in [-0.05, 0) is 103 Å². The minimum atomic E-state index is -0.127. The molecule has 2 aromatic carbocycles. The Morgan fingerprint density at radius 2 is 1.85 bits per heavy atom. The highest BCUT2D eigenvalue weighted by Crippen LogP contribution is 2.61. The van der Waals surface area contributed by atoms with Gasteiger partial charge in [0, 0.05) is 12.5 Å². The van der Waals surface area contributed by atoms with Crippen LogP contribution in [-0.2, 0) is 10.2 Å². The van der Waals surface area contributed by atoms with E-state index in [1.807, 2.05) is 25.1 Å². The number of rotatable bonds is 3. The van der Waals surface area contributed by atoms with E-state index >= 15 is 0 Å². The smallest absolute Gasteiger partial charge is 0.263 e. The molecule has 1 aromatic heterocycles. The highest BCUT2D eigenvalue weighted by atomic mass is 32.2. The van der Waals surface area contributed by atoms with Crippen molar-refractivity contribution in [3.05, 3.63) is 58.3 Å². The summed E-state index contributed by atoms with van der Waals surface area (Å²) in [5.74, 6) is 3.24. The van der Waals surface area contributed by atoms with Crippen molar-refractivity contribution in [2.24, 2.45) is 17.8 Å². The number of amides is 1. The number of carbonyl (C=O) groups excluding carboxylic acids is 1. The maximum Gasteiger partial charge on any atom is 0.263 e. The summed E-state index contributed by atoms with van der Waals surface area (Å²) in [5.41, 5.74) is 6.71. The lowest BCUT2D eigenvalue weighted by atomic mass is 9.48. The largest absolute Gasteiger partial charge is 0.440 e. The molecule has 6 heteroatoms. The number of nitrogens with one attached hydrogen (secondary N) is 1. The molecule has 4 bridgehead atoms. The van der Waals surface area contributed by atoms with E-state index in [0.717, 1.165) is 45.5 Å². The molecule has 4 saturated carbocycles. The second-order valence-electron chi connectivity index (χ2n) is 10.8. The third-order valence-corrected chi connectivity index (χ3v) is 9.55. The third-order valence-electron chi connectivity index (χ3n) is 8.39. The molecule has 4 nitrogen and oxygen atoms in total. The number of carbonyl (C=O) groups is 1. The Bertz CT molecular complexity index is 1370. The Morgan fingerprint density at radius 1 is 1.12 bits per heavy atom. The molecule has 5 fully saturated rings. The van der Waals surface area contributed by atoms with Gasteiger partial charge in [0.1, 0.15) is 9.84 Å². The molecular formula is C28H26N2O2S2. The predicted octanol–water partition coefficient (Wildman–Crippen LogP) is 6.76. The summed E-state index contributed by atoms with van der Waals surface area (Å²) in [5, 5.41) is 2.69. The topological polar surface area (TPSA) is 55.1 Å². The molecule has 8 rings (SSSR count). The lowest BCUT2D eigenvalue weighted by molar-refractivity contribution is -0.115. The molecule has 0 unspecified atom stereocenters. The molecular weight excluding hydrogens is 460 g/mol. The van der Waals surface area contributed by atoms with Crippen LogP contribution in [0.25, 0.3) is 28.3 Å². The Kier molecular flexibility index (Phi) is 4.63. The average molecular weight is 487 g/mol. The monoisotopic (exact) mass is 486 g/mol. The van der Waals surface area contributed by atoms with Crippen LogP contribution in [0.2, 0.25) is 0 Å². The fourth-order valence-electron chi connectivity index (χ4n) is 7.50. The molecule has 0 spiro atoms. The Labute approximate surface area is 208 Å². The number of hydrogen-bond donors (Lipinski definition) is 1. The van der Waals surface area contributed by atoms with Crippen molar-refractivity contribution in [1.82, 2.24) is 10.3 Å². The Morgan fingerprint density at radius 3 is 2.53 bits per heavy atom. The van der Waals surface area contributed by atoms with E-state index in [4.69, 9.17) is 21.6 Å². The van der Waals surface area contributed by atoms with Crippen molar-refractivity contribution >= 4 is 51.4 Å². The average Bonchev–Trinajstić information content (AvgIpc) is 3.32. The maximum absolute atomic E-state index is 12.2. The number of thiocarbonyl (C=S) groups is 1. The van der Waals surface area contributed by atoms with Gasteiger partial charge in [0.15, 0.2) is 11.5 Å². The lowest BCUT2D eigenvalue weighted by Crippen LogP contribution is -2.48. The number of thioether (sulfide) groups is 1. The van der Waals surface area contributed by atoms with Crippen molar-refractivity contribution in [3.63, 3.8) is 0 Å². The second-order valence-corrected chi connectivity index (χ2v) is 12.5. The number of aromatic nitrogens is 1. The summed E-state index contributed by atoms with van der Waals surface area (Å²) in [6.07, 6.45) is 10.2. The van der Waals surface area contributed by atoms with Crippen LogP contribution in [0, 0.1) is 24.7 Å². The van der Waals surface area contributed by atoms with Crippen LogP contribution in [0.15, 0.2) is 45.7 Å². The zero-order chi connectivity index (χ0) is 23.0. The van der Waals surface area contributed by atoms with Crippen LogP contribution in [0.1, 0.15) is 55.5 Å². The Balaban J connectivity index is 1.35. The Hall–Kier alpha value is -2.44. The van der Waals surface area contributed by atoms with Gasteiger partial charge in [-0.25, -0.2) is 4.98 Å². The van der Waals surface area contributed by atoms with Crippen molar-refractivity contribution in [3.8, 4) is 11.1 Å². The van der Waals surface area contributed by atoms with Crippen LogP contribution in [0.4, 0.5) is 0 Å². The van der Waals surface area contributed by atoms with E-state index in [1.54, 1.807) is 0 Å². The quantitative estimate of drug-likeness (QED) is 0.327. The third kappa shape index (κ3) is 3.37. The zero-order valence-electron chi connectivity index (χ0n) is 19.1. The van der Waals surface area contributed by atoms with Gasteiger partial charge in [-0.2, -0.15) is 0 Å². The first-order chi connectivity index (χ1) is 16.4. The molecule has 2 heterocycles. The standard InChI is InChI=1S/C28H26N2O2S2/c1-15-29-23-11-21(28-12-17-5-18(13-28)7-19(6-17)14-28)10-22(25(23)32-15)20-4-2-3-16(8-20)9-24-26(31)30-27(33)34-24/h2-4,8-11,17-19H,5-7,12-14H2,1H3,(H,30,31,33). The molecule has 172 valence electrons. The molecule has 1 saturated heterocycles. The molecule has 0 atom stereocenters. The fraction of sp³-hybridized carbons (Fsp3) is 0.393. The first-order valence-electron chi connectivity index (χ1n) is 12.2. The van der Waals surface area contributed by atoms with Crippen molar-refractivity contribution in [2.45, 2.75) is 50.9 Å². The normalized spacial score (nSPS) is 31.1. The molecule has 5 aliphatic rings. The summed E-state index contributed by atoms with van der Waals surface area (Å²) in [7, 11) is 0. The number of oxazole rings is 1. The summed E-state index contributed by atoms with van der Waals surface area (Å²) in [4.78, 5) is 17.6. The zero-order valence-corrected chi connectivity index (χ0v) is 20.7. The maximum atomic E-state index is 12.2. The van der Waals surface area contributed by atoms with Gasteiger partial charge in [-0.15, -0.1) is 0 Å². The highest BCUT2D eigenvalue weighted by Gasteiger charge is 2.51. The number of fused-ring (bicyclic) bond motifs is 1. The molecule has 4 aliphatic carbocycles. The van der Waals surface area contributed by atoms with E-state index in [9.17, 15) is 4.79 Å². The first-order valence-corrected chi connectivity index (χ1v) is 13.4. The minimum absolute atomic E-state index is 0.127. The number of benzene rings is 2. The summed E-state index contributed by atoms with van der Waals surface area (Å²) in [6, 6.07) is 13.0. The molecule has 1 amide bonds. The SMILES string of the molecule is Cc1nc2cc(C34CC5CC(CC(C5)C3)C4)cc(-c3cccc(C=C4SC(=S)NC4=O)c3)c2o1.